The number of methoxy groups -OCH3 is 2. The third-order valence-electron chi connectivity index (χ3n) is 10.3. The van der Waals surface area contributed by atoms with Gasteiger partial charge in [-0.25, -0.2) is 19.8 Å². The summed E-state index contributed by atoms with van der Waals surface area (Å²) in [7, 11) is 4.27. The van der Waals surface area contributed by atoms with Crippen molar-refractivity contribution in [1.82, 2.24) is 35.1 Å². The van der Waals surface area contributed by atoms with Crippen molar-refractivity contribution in [2.45, 2.75) is 77.5 Å². The number of hydrogen-bond acceptors (Lipinski definition) is 10. The number of H-pyrrole nitrogens is 2. The lowest BCUT2D eigenvalue weighted by Gasteiger charge is -2.29. The molecule has 2 fully saturated rings. The molecule has 4 atom stereocenters. The van der Waals surface area contributed by atoms with Gasteiger partial charge in [-0.1, -0.05) is 51.7 Å². The fourth-order valence-corrected chi connectivity index (χ4v) is 7.34. The van der Waals surface area contributed by atoms with Crippen LogP contribution in [-0.4, -0.2) is 101 Å². The summed E-state index contributed by atoms with van der Waals surface area (Å²) in [5.41, 5.74) is 4.76. The van der Waals surface area contributed by atoms with E-state index in [0.717, 1.165) is 53.8 Å². The van der Waals surface area contributed by atoms with E-state index in [9.17, 15) is 14.4 Å². The molecule has 2 aliphatic heterocycles. The first kappa shape index (κ1) is 39.8. The number of fused-ring (bicyclic) bond motifs is 1. The molecule has 4 heterocycles. The van der Waals surface area contributed by atoms with Gasteiger partial charge in [-0.3, -0.25) is 9.59 Å². The quantitative estimate of drug-likeness (QED) is 0.0537. The highest BCUT2D eigenvalue weighted by atomic mass is 17.2. The summed E-state index contributed by atoms with van der Waals surface area (Å²) < 4.78 is 10.5. The van der Waals surface area contributed by atoms with Gasteiger partial charge >= 0.3 is 6.09 Å². The average Bonchev–Trinajstić information content (AvgIpc) is 4.03. The highest BCUT2D eigenvalue weighted by molar-refractivity contribution is 5.87. The van der Waals surface area contributed by atoms with Gasteiger partial charge in [0.05, 0.1) is 61.9 Å². The minimum absolute atomic E-state index is 0.0222. The van der Waals surface area contributed by atoms with E-state index in [4.69, 9.17) is 19.3 Å². The van der Waals surface area contributed by atoms with Gasteiger partial charge in [-0.15, -0.1) is 0 Å². The highest BCUT2D eigenvalue weighted by Gasteiger charge is 2.38. The number of benzene rings is 2. The van der Waals surface area contributed by atoms with Crippen LogP contribution in [-0.2, 0) is 24.1 Å². The molecule has 0 aliphatic carbocycles. The Morgan fingerprint density at radius 1 is 0.911 bits per heavy atom. The third-order valence-corrected chi connectivity index (χ3v) is 10.3. The zero-order chi connectivity index (χ0) is 39.9. The van der Waals surface area contributed by atoms with Crippen LogP contribution >= 0.6 is 0 Å². The molecule has 0 radical (unpaired) electrons. The molecule has 0 spiro atoms. The standard InChI is InChI=1S/C41H50N8O7/c1-24(2)35(43-23-56-55-7)39(50)48-18-8-10-32(48)37-42-22-31(46-37)27-15-12-26(13-16-27)14-17-28-20-29-30(21-34(28)53-5)45-38(44-29)33-11-9-19-49(33)40(51)36(25(3)4)47-41(52)54-6/h12-13,15-16,20-25,32-33,35-36H,8-11,18-19H2,1-7H3,(H,42,46)(H,44,45)(H,47,52)/b43-23-/t32-,33-,35-,36-/m0/s1. The second-order valence-electron chi connectivity index (χ2n) is 14.6. The molecule has 0 bridgehead atoms. The number of aromatic nitrogens is 4. The monoisotopic (exact) mass is 766 g/mol. The number of nitrogens with one attached hydrogen (secondary N) is 3. The maximum atomic E-state index is 13.6. The van der Waals surface area contributed by atoms with Gasteiger partial charge in [0, 0.05) is 24.7 Å². The number of hydrogen-bond donors (Lipinski definition) is 3. The highest BCUT2D eigenvalue weighted by Crippen LogP contribution is 2.35. The van der Waals surface area contributed by atoms with Crippen LogP contribution < -0.4 is 10.1 Å². The van der Waals surface area contributed by atoms with Crippen LogP contribution in [0, 0.1) is 23.7 Å². The van der Waals surface area contributed by atoms with Crippen LogP contribution in [0.4, 0.5) is 4.79 Å². The number of rotatable bonds is 12. The van der Waals surface area contributed by atoms with Crippen molar-refractivity contribution >= 4 is 35.3 Å². The minimum Gasteiger partial charge on any atom is -0.495 e. The van der Waals surface area contributed by atoms with Gasteiger partial charge in [-0.2, -0.15) is 4.89 Å². The summed E-state index contributed by atoms with van der Waals surface area (Å²) in [6.07, 6.45) is 5.57. The molecular formula is C41H50N8O7. The number of amides is 3. The second kappa shape index (κ2) is 17.7. The third kappa shape index (κ3) is 8.65. The van der Waals surface area contributed by atoms with Crippen molar-refractivity contribution in [2.24, 2.45) is 16.8 Å². The Morgan fingerprint density at radius 2 is 1.61 bits per heavy atom. The van der Waals surface area contributed by atoms with Gasteiger partial charge < -0.3 is 39.4 Å². The fraction of sp³-hybridized carbons (Fsp3) is 0.463. The van der Waals surface area contributed by atoms with Crippen molar-refractivity contribution in [1.29, 1.82) is 0 Å². The number of ether oxygens (including phenoxy) is 2. The van der Waals surface area contributed by atoms with E-state index in [2.05, 4.69) is 42.0 Å². The maximum Gasteiger partial charge on any atom is 0.407 e. The lowest BCUT2D eigenvalue weighted by molar-refractivity contribution is -0.188. The number of carbonyl (C=O) groups is 3. The molecule has 2 saturated heterocycles. The van der Waals surface area contributed by atoms with Gasteiger partial charge in [0.15, 0.2) is 0 Å². The zero-order valence-corrected chi connectivity index (χ0v) is 32.9. The Morgan fingerprint density at radius 3 is 2.25 bits per heavy atom. The number of imidazole rings is 2. The Hall–Kier alpha value is -5.88. The Bertz CT molecular complexity index is 2110. The van der Waals surface area contributed by atoms with Crippen LogP contribution in [0.2, 0.25) is 0 Å². The number of alkyl carbamates (subject to hydrolysis) is 1. The van der Waals surface area contributed by atoms with Crippen LogP contribution in [0.15, 0.2) is 47.6 Å². The van der Waals surface area contributed by atoms with Crippen LogP contribution in [0.25, 0.3) is 22.3 Å². The molecule has 2 aromatic heterocycles. The number of nitrogens with zero attached hydrogens (tertiary/aromatic N) is 5. The van der Waals surface area contributed by atoms with E-state index in [1.54, 1.807) is 18.2 Å². The Balaban J connectivity index is 1.16. The summed E-state index contributed by atoms with van der Waals surface area (Å²) in [6.45, 7) is 8.88. The summed E-state index contributed by atoms with van der Waals surface area (Å²) in [5, 5.41) is 2.69. The number of aliphatic imine (C=N–C) groups is 1. The molecular weight excluding hydrogens is 716 g/mol. The van der Waals surface area contributed by atoms with Crippen molar-refractivity contribution in [3.8, 4) is 28.8 Å². The van der Waals surface area contributed by atoms with Crippen LogP contribution in [0.3, 0.4) is 0 Å². The lowest BCUT2D eigenvalue weighted by atomic mass is 10.0. The first-order chi connectivity index (χ1) is 27.0. The molecule has 0 saturated carbocycles. The molecule has 56 heavy (non-hydrogen) atoms. The predicted octanol–water partition coefficient (Wildman–Crippen LogP) is 5.70. The SMILES string of the molecule is COO/C=N\[C@H](C(=O)N1CCC[C@H]1c1ncc(-c2ccc(C#Cc3cc4[nH]c([C@@H]5CCCN5C(=O)[C@@H](NC(=O)OC)C(C)C)nc4cc3OC)cc2)[nH]1)C(C)C. The Labute approximate surface area is 326 Å². The number of aromatic amines is 2. The average molecular weight is 767 g/mol. The molecule has 2 aromatic carbocycles. The minimum atomic E-state index is -0.716. The number of carbonyl (C=O) groups excluding carboxylic acids is 3. The topological polar surface area (TPSA) is 176 Å². The van der Waals surface area contributed by atoms with Crippen LogP contribution in [0.1, 0.15) is 88.2 Å². The fourth-order valence-electron chi connectivity index (χ4n) is 7.34. The predicted molar refractivity (Wildman–Crippen MR) is 209 cm³/mol. The normalized spacial score (nSPS) is 18.0. The summed E-state index contributed by atoms with van der Waals surface area (Å²) >= 11 is 0. The van der Waals surface area contributed by atoms with Gasteiger partial charge in [0.25, 0.3) is 0 Å². The molecule has 15 nitrogen and oxygen atoms in total. The van der Waals surface area contributed by atoms with E-state index < -0.39 is 18.2 Å². The molecule has 15 heteroatoms. The van der Waals surface area contributed by atoms with E-state index in [-0.39, 0.29) is 35.7 Å². The van der Waals surface area contributed by atoms with Gasteiger partial charge in [-0.05, 0) is 61.3 Å². The smallest absolute Gasteiger partial charge is 0.407 e. The van der Waals surface area contributed by atoms with Crippen LogP contribution in [0.5, 0.6) is 5.75 Å². The largest absolute Gasteiger partial charge is 0.495 e. The van der Waals surface area contributed by atoms with Crippen molar-refractivity contribution in [2.75, 3.05) is 34.4 Å². The summed E-state index contributed by atoms with van der Waals surface area (Å²) in [4.78, 5) is 72.9. The van der Waals surface area contributed by atoms with Crippen molar-refractivity contribution in [3.63, 3.8) is 0 Å². The molecule has 4 aromatic rings. The van der Waals surface area contributed by atoms with Gasteiger partial charge in [0.1, 0.15) is 29.5 Å². The molecule has 296 valence electrons. The Kier molecular flexibility index (Phi) is 12.6. The molecule has 2 aliphatic rings. The summed E-state index contributed by atoms with van der Waals surface area (Å²) in [6, 6.07) is 9.89. The van der Waals surface area contributed by atoms with Crippen molar-refractivity contribution < 1.29 is 33.6 Å². The van der Waals surface area contributed by atoms with Crippen molar-refractivity contribution in [3.05, 3.63) is 65.4 Å². The van der Waals surface area contributed by atoms with Gasteiger partial charge in [0.2, 0.25) is 18.2 Å². The summed E-state index contributed by atoms with van der Waals surface area (Å²) in [5.74, 6) is 8.12. The number of likely N-dealkylation sites (tertiary alicyclic amines) is 2. The van der Waals surface area contributed by atoms with E-state index in [1.165, 1.54) is 20.6 Å². The van der Waals surface area contributed by atoms with E-state index >= 15 is 0 Å². The zero-order valence-electron chi connectivity index (χ0n) is 32.9. The molecule has 6 rings (SSSR count). The lowest BCUT2D eigenvalue weighted by Crippen LogP contribution is -2.51. The molecule has 3 N–H and O–H groups in total. The first-order valence-electron chi connectivity index (χ1n) is 18.9. The van der Waals surface area contributed by atoms with E-state index in [1.807, 2.05) is 69.0 Å². The first-order valence-corrected chi connectivity index (χ1v) is 18.9. The molecule has 3 amide bonds. The maximum absolute atomic E-state index is 13.6. The second-order valence-corrected chi connectivity index (χ2v) is 14.6. The molecule has 0 unspecified atom stereocenters. The van der Waals surface area contributed by atoms with E-state index in [0.29, 0.717) is 35.7 Å².